The number of likely N-dealkylation sites (N-methyl/N-ethyl adjacent to an activating group) is 1. The molecule has 0 aliphatic carbocycles. The first kappa shape index (κ1) is 12.1. The van der Waals surface area contributed by atoms with Gasteiger partial charge in [0.05, 0.1) is 23.6 Å². The number of nitrogens with zero attached hydrogens (tertiary/aromatic N) is 2. The lowest BCUT2D eigenvalue weighted by Crippen LogP contribution is -2.59. The van der Waals surface area contributed by atoms with Gasteiger partial charge in [-0.1, -0.05) is 6.07 Å². The molecule has 4 nitrogen and oxygen atoms in total. The second-order valence-corrected chi connectivity index (χ2v) is 5.92. The summed E-state index contributed by atoms with van der Waals surface area (Å²) in [6, 6.07) is 4.19. The van der Waals surface area contributed by atoms with E-state index >= 15 is 0 Å². The third-order valence-corrected chi connectivity index (χ3v) is 4.74. The number of hydrogen-bond acceptors (Lipinski definition) is 4. The minimum absolute atomic E-state index is 0.169. The molecule has 2 saturated heterocycles. The summed E-state index contributed by atoms with van der Waals surface area (Å²) >= 11 is 1.52. The Kier molecular flexibility index (Phi) is 3.37. The molecule has 98 valence electrons. The monoisotopic (exact) mass is 266 g/mol. The fourth-order valence-corrected chi connectivity index (χ4v) is 3.47. The van der Waals surface area contributed by atoms with Gasteiger partial charge in [-0.2, -0.15) is 0 Å². The molecule has 2 atom stereocenters. The van der Waals surface area contributed by atoms with Crippen LogP contribution in [-0.4, -0.2) is 61.1 Å². The van der Waals surface area contributed by atoms with Crippen LogP contribution in [0.15, 0.2) is 17.5 Å². The molecule has 0 aromatic carbocycles. The van der Waals surface area contributed by atoms with Crippen LogP contribution >= 0.6 is 11.3 Å². The third kappa shape index (κ3) is 2.18. The number of carbonyl (C=O) groups excluding carboxylic acids is 1. The van der Waals surface area contributed by atoms with Gasteiger partial charge >= 0.3 is 0 Å². The first-order valence-corrected chi connectivity index (χ1v) is 7.28. The van der Waals surface area contributed by atoms with Crippen molar-refractivity contribution in [2.45, 2.75) is 18.6 Å². The minimum Gasteiger partial charge on any atom is -0.375 e. The number of fused-ring (bicyclic) bond motifs is 1. The maximum atomic E-state index is 12.3. The molecule has 1 unspecified atom stereocenters. The van der Waals surface area contributed by atoms with Crippen molar-refractivity contribution in [2.75, 3.05) is 33.3 Å². The van der Waals surface area contributed by atoms with Gasteiger partial charge in [-0.15, -0.1) is 11.3 Å². The van der Waals surface area contributed by atoms with E-state index in [1.165, 1.54) is 11.3 Å². The van der Waals surface area contributed by atoms with Gasteiger partial charge in [-0.25, -0.2) is 0 Å². The van der Waals surface area contributed by atoms with Gasteiger partial charge < -0.3 is 9.64 Å². The van der Waals surface area contributed by atoms with Gasteiger partial charge in [-0.05, 0) is 24.9 Å². The van der Waals surface area contributed by atoms with Crippen molar-refractivity contribution >= 4 is 17.2 Å². The average Bonchev–Trinajstić information content (AvgIpc) is 2.92. The van der Waals surface area contributed by atoms with E-state index in [4.69, 9.17) is 4.74 Å². The van der Waals surface area contributed by atoms with Crippen LogP contribution in [0.25, 0.3) is 0 Å². The van der Waals surface area contributed by atoms with Gasteiger partial charge in [0.2, 0.25) is 0 Å². The molecule has 2 aliphatic rings. The first-order valence-electron chi connectivity index (χ1n) is 6.40. The standard InChI is InChI=1S/C13H18N2O2S/c1-14-6-7-17-11-4-5-15(9-10(11)14)13(16)12-3-2-8-18-12/h2-3,8,10-11H,4-7,9H2,1H3/t10-,11?/m0/s1. The van der Waals surface area contributed by atoms with Crippen LogP contribution in [0, 0.1) is 0 Å². The number of amides is 1. The molecule has 1 aromatic heterocycles. The second kappa shape index (κ2) is 4.99. The number of piperidine rings is 1. The molecule has 0 spiro atoms. The summed E-state index contributed by atoms with van der Waals surface area (Å²) in [5.41, 5.74) is 0. The number of thiophene rings is 1. The molecule has 3 heterocycles. The van der Waals surface area contributed by atoms with Crippen LogP contribution in [0.5, 0.6) is 0 Å². The number of rotatable bonds is 1. The number of hydrogen-bond donors (Lipinski definition) is 0. The van der Waals surface area contributed by atoms with Crippen LogP contribution in [0.1, 0.15) is 16.1 Å². The van der Waals surface area contributed by atoms with Crippen molar-refractivity contribution in [1.82, 2.24) is 9.80 Å². The van der Waals surface area contributed by atoms with Gasteiger partial charge in [0.1, 0.15) is 0 Å². The topological polar surface area (TPSA) is 32.8 Å². The zero-order valence-electron chi connectivity index (χ0n) is 10.5. The number of carbonyl (C=O) groups is 1. The van der Waals surface area contributed by atoms with Crippen LogP contribution in [0.2, 0.25) is 0 Å². The lowest BCUT2D eigenvalue weighted by Gasteiger charge is -2.45. The highest BCUT2D eigenvalue weighted by Gasteiger charge is 2.37. The van der Waals surface area contributed by atoms with Crippen LogP contribution in [0.4, 0.5) is 0 Å². The summed E-state index contributed by atoms with van der Waals surface area (Å²) in [5.74, 6) is 0.169. The summed E-state index contributed by atoms with van der Waals surface area (Å²) in [6.45, 7) is 3.38. The van der Waals surface area contributed by atoms with Gasteiger partial charge in [0.15, 0.2) is 0 Å². The third-order valence-electron chi connectivity index (χ3n) is 3.88. The van der Waals surface area contributed by atoms with E-state index in [9.17, 15) is 4.79 Å². The predicted molar refractivity (Wildman–Crippen MR) is 71.0 cm³/mol. The largest absolute Gasteiger partial charge is 0.375 e. The Balaban J connectivity index is 1.71. The van der Waals surface area contributed by atoms with Crippen LogP contribution in [-0.2, 0) is 4.74 Å². The smallest absolute Gasteiger partial charge is 0.263 e. The highest BCUT2D eigenvalue weighted by atomic mass is 32.1. The zero-order chi connectivity index (χ0) is 12.5. The molecule has 18 heavy (non-hydrogen) atoms. The zero-order valence-corrected chi connectivity index (χ0v) is 11.4. The van der Waals surface area contributed by atoms with Crippen molar-refractivity contribution in [1.29, 1.82) is 0 Å². The summed E-state index contributed by atoms with van der Waals surface area (Å²) < 4.78 is 5.79. The summed E-state index contributed by atoms with van der Waals surface area (Å²) in [7, 11) is 2.12. The Morgan fingerprint density at radius 2 is 2.39 bits per heavy atom. The van der Waals surface area contributed by atoms with Crippen molar-refractivity contribution < 1.29 is 9.53 Å². The summed E-state index contributed by atoms with van der Waals surface area (Å²) in [6.07, 6.45) is 1.25. The average molecular weight is 266 g/mol. The fraction of sp³-hybridized carbons (Fsp3) is 0.615. The van der Waals surface area contributed by atoms with E-state index in [0.717, 1.165) is 37.5 Å². The molecule has 3 rings (SSSR count). The molecule has 5 heteroatoms. The van der Waals surface area contributed by atoms with Gasteiger partial charge in [0, 0.05) is 19.6 Å². The van der Waals surface area contributed by atoms with Gasteiger partial charge in [0.25, 0.3) is 5.91 Å². The Labute approximate surface area is 111 Å². The Bertz CT molecular complexity index is 421. The summed E-state index contributed by atoms with van der Waals surface area (Å²) in [4.78, 5) is 17.5. The van der Waals surface area contributed by atoms with E-state index in [1.54, 1.807) is 0 Å². The van der Waals surface area contributed by atoms with Crippen molar-refractivity contribution in [3.05, 3.63) is 22.4 Å². The van der Waals surface area contributed by atoms with E-state index in [1.807, 2.05) is 22.4 Å². The van der Waals surface area contributed by atoms with E-state index < -0.39 is 0 Å². The molecule has 1 aromatic rings. The fourth-order valence-electron chi connectivity index (χ4n) is 2.78. The number of likely N-dealkylation sites (tertiary alicyclic amines) is 1. The SMILES string of the molecule is CN1CCOC2CCN(C(=O)c3cccs3)C[C@@H]21. The van der Waals surface area contributed by atoms with Crippen molar-refractivity contribution in [3.63, 3.8) is 0 Å². The lowest BCUT2D eigenvalue weighted by molar-refractivity contribution is -0.0893. The highest BCUT2D eigenvalue weighted by molar-refractivity contribution is 7.12. The predicted octanol–water partition coefficient (Wildman–Crippen LogP) is 1.29. The molecule has 0 N–H and O–H groups in total. The van der Waals surface area contributed by atoms with Gasteiger partial charge in [-0.3, -0.25) is 9.69 Å². The Morgan fingerprint density at radius 3 is 3.17 bits per heavy atom. The normalized spacial score (nSPS) is 29.1. The Hall–Kier alpha value is -0.910. The lowest BCUT2D eigenvalue weighted by atomic mass is 9.99. The van der Waals surface area contributed by atoms with E-state index in [0.29, 0.717) is 12.1 Å². The van der Waals surface area contributed by atoms with Crippen LogP contribution < -0.4 is 0 Å². The number of morpholine rings is 1. The molecular weight excluding hydrogens is 248 g/mol. The molecule has 0 saturated carbocycles. The van der Waals surface area contributed by atoms with E-state index in [2.05, 4.69) is 11.9 Å². The minimum atomic E-state index is 0.169. The molecule has 0 radical (unpaired) electrons. The maximum absolute atomic E-state index is 12.3. The summed E-state index contributed by atoms with van der Waals surface area (Å²) in [5, 5.41) is 1.95. The highest BCUT2D eigenvalue weighted by Crippen LogP contribution is 2.23. The van der Waals surface area contributed by atoms with E-state index in [-0.39, 0.29) is 5.91 Å². The first-order chi connectivity index (χ1) is 8.75. The molecule has 0 bridgehead atoms. The Morgan fingerprint density at radius 1 is 1.50 bits per heavy atom. The van der Waals surface area contributed by atoms with Crippen molar-refractivity contribution in [3.8, 4) is 0 Å². The maximum Gasteiger partial charge on any atom is 0.263 e. The number of ether oxygens (including phenoxy) is 1. The molecular formula is C13H18N2O2S. The molecule has 2 aliphatic heterocycles. The van der Waals surface area contributed by atoms with Crippen LogP contribution in [0.3, 0.4) is 0 Å². The van der Waals surface area contributed by atoms with Crippen molar-refractivity contribution in [2.24, 2.45) is 0 Å². The molecule has 1 amide bonds. The second-order valence-electron chi connectivity index (χ2n) is 4.97. The quantitative estimate of drug-likeness (QED) is 0.768. The molecule has 2 fully saturated rings.